The maximum atomic E-state index is 11.4. The Morgan fingerprint density at radius 1 is 1.24 bits per heavy atom. The summed E-state index contributed by atoms with van der Waals surface area (Å²) in [5.41, 5.74) is 0. The molecule has 0 aliphatic carbocycles. The molecule has 0 saturated heterocycles. The zero-order valence-electron chi connectivity index (χ0n) is 10.8. The standard InChI is InChI=1S/C12H24N2O3/c1-3-11(9-15)14-12(17)7-5-4-6-8-13-10(2)16/h11,15H,3-9H2,1-2H3,(H,13,16)(H,14,17)/t11-/m1/s1. The Bertz CT molecular complexity index is 228. The lowest BCUT2D eigenvalue weighted by Gasteiger charge is -2.13. The average Bonchev–Trinajstić information content (AvgIpc) is 2.30. The second-order valence-corrected chi connectivity index (χ2v) is 4.15. The van der Waals surface area contributed by atoms with Crippen LogP contribution < -0.4 is 10.6 Å². The molecular weight excluding hydrogens is 220 g/mol. The van der Waals surface area contributed by atoms with E-state index in [1.165, 1.54) is 6.92 Å². The lowest BCUT2D eigenvalue weighted by Crippen LogP contribution is -2.36. The molecule has 0 aliphatic rings. The molecule has 1 atom stereocenters. The fourth-order valence-corrected chi connectivity index (χ4v) is 1.43. The topological polar surface area (TPSA) is 78.4 Å². The summed E-state index contributed by atoms with van der Waals surface area (Å²) < 4.78 is 0. The van der Waals surface area contributed by atoms with Crippen LogP contribution >= 0.6 is 0 Å². The molecule has 0 heterocycles. The minimum absolute atomic E-state index is 0.00886. The number of unbranched alkanes of at least 4 members (excludes halogenated alkanes) is 2. The molecular formula is C12H24N2O3. The second kappa shape index (κ2) is 10.1. The molecule has 2 amide bonds. The monoisotopic (exact) mass is 244 g/mol. The third-order valence-electron chi connectivity index (χ3n) is 2.53. The van der Waals surface area contributed by atoms with E-state index < -0.39 is 0 Å². The Morgan fingerprint density at radius 2 is 1.94 bits per heavy atom. The molecule has 17 heavy (non-hydrogen) atoms. The molecule has 0 saturated carbocycles. The van der Waals surface area contributed by atoms with Gasteiger partial charge in [-0.1, -0.05) is 13.3 Å². The van der Waals surface area contributed by atoms with Gasteiger partial charge in [-0.2, -0.15) is 0 Å². The van der Waals surface area contributed by atoms with Crippen LogP contribution in [0.2, 0.25) is 0 Å². The van der Waals surface area contributed by atoms with Gasteiger partial charge in [-0.05, 0) is 19.3 Å². The lowest BCUT2D eigenvalue weighted by molar-refractivity contribution is -0.122. The summed E-state index contributed by atoms with van der Waals surface area (Å²) in [6.07, 6.45) is 3.85. The molecule has 100 valence electrons. The van der Waals surface area contributed by atoms with Crippen molar-refractivity contribution in [3.63, 3.8) is 0 Å². The van der Waals surface area contributed by atoms with E-state index in [0.29, 0.717) is 13.0 Å². The maximum Gasteiger partial charge on any atom is 0.220 e. The predicted molar refractivity (Wildman–Crippen MR) is 66.5 cm³/mol. The highest BCUT2D eigenvalue weighted by Crippen LogP contribution is 2.00. The van der Waals surface area contributed by atoms with Gasteiger partial charge in [0.25, 0.3) is 0 Å². The minimum Gasteiger partial charge on any atom is -0.394 e. The van der Waals surface area contributed by atoms with Gasteiger partial charge in [0.1, 0.15) is 0 Å². The zero-order valence-corrected chi connectivity index (χ0v) is 10.8. The Balaban J connectivity index is 3.42. The number of aliphatic hydroxyl groups is 1. The van der Waals surface area contributed by atoms with E-state index in [9.17, 15) is 9.59 Å². The van der Waals surface area contributed by atoms with Gasteiger partial charge in [0, 0.05) is 19.9 Å². The van der Waals surface area contributed by atoms with Crippen molar-refractivity contribution in [1.29, 1.82) is 0 Å². The smallest absolute Gasteiger partial charge is 0.220 e. The first-order valence-corrected chi connectivity index (χ1v) is 6.24. The third-order valence-corrected chi connectivity index (χ3v) is 2.53. The molecule has 0 spiro atoms. The van der Waals surface area contributed by atoms with Gasteiger partial charge in [-0.3, -0.25) is 9.59 Å². The predicted octanol–water partition coefficient (Wildman–Crippen LogP) is 0.570. The molecule has 0 bridgehead atoms. The number of amides is 2. The molecule has 0 aromatic carbocycles. The normalized spacial score (nSPS) is 11.9. The van der Waals surface area contributed by atoms with Crippen molar-refractivity contribution >= 4 is 11.8 Å². The lowest BCUT2D eigenvalue weighted by atomic mass is 10.1. The van der Waals surface area contributed by atoms with Crippen LogP contribution in [-0.2, 0) is 9.59 Å². The fourth-order valence-electron chi connectivity index (χ4n) is 1.43. The van der Waals surface area contributed by atoms with E-state index in [-0.39, 0.29) is 24.5 Å². The number of rotatable bonds is 9. The van der Waals surface area contributed by atoms with Crippen LogP contribution in [0.4, 0.5) is 0 Å². The van der Waals surface area contributed by atoms with Gasteiger partial charge < -0.3 is 15.7 Å². The highest BCUT2D eigenvalue weighted by Gasteiger charge is 2.08. The number of hydrogen-bond donors (Lipinski definition) is 3. The summed E-state index contributed by atoms with van der Waals surface area (Å²) in [4.78, 5) is 22.0. The Labute approximate surface area is 103 Å². The first-order valence-electron chi connectivity index (χ1n) is 6.24. The Morgan fingerprint density at radius 3 is 2.47 bits per heavy atom. The highest BCUT2D eigenvalue weighted by molar-refractivity contribution is 5.76. The van der Waals surface area contributed by atoms with Gasteiger partial charge in [0.15, 0.2) is 0 Å². The van der Waals surface area contributed by atoms with E-state index in [0.717, 1.165) is 25.7 Å². The van der Waals surface area contributed by atoms with Gasteiger partial charge >= 0.3 is 0 Å². The van der Waals surface area contributed by atoms with Gasteiger partial charge in [-0.25, -0.2) is 0 Å². The quantitative estimate of drug-likeness (QED) is 0.519. The Kier molecular flexibility index (Phi) is 9.43. The van der Waals surface area contributed by atoms with Crippen LogP contribution in [0.25, 0.3) is 0 Å². The van der Waals surface area contributed by atoms with Gasteiger partial charge in [-0.15, -0.1) is 0 Å². The summed E-state index contributed by atoms with van der Waals surface area (Å²) in [7, 11) is 0. The van der Waals surface area contributed by atoms with Crippen molar-refractivity contribution in [3.8, 4) is 0 Å². The molecule has 0 rings (SSSR count). The molecule has 0 aromatic heterocycles. The van der Waals surface area contributed by atoms with E-state index in [1.807, 2.05) is 6.92 Å². The molecule has 3 N–H and O–H groups in total. The van der Waals surface area contributed by atoms with Crippen molar-refractivity contribution in [1.82, 2.24) is 10.6 Å². The molecule has 5 heteroatoms. The summed E-state index contributed by atoms with van der Waals surface area (Å²) in [6, 6.07) is -0.123. The zero-order chi connectivity index (χ0) is 13.1. The van der Waals surface area contributed by atoms with E-state index in [1.54, 1.807) is 0 Å². The number of nitrogens with one attached hydrogen (secondary N) is 2. The second-order valence-electron chi connectivity index (χ2n) is 4.15. The van der Waals surface area contributed by atoms with Gasteiger partial charge in [0.05, 0.1) is 12.6 Å². The van der Waals surface area contributed by atoms with Crippen molar-refractivity contribution in [3.05, 3.63) is 0 Å². The summed E-state index contributed by atoms with van der Waals surface area (Å²) in [6.45, 7) is 4.08. The summed E-state index contributed by atoms with van der Waals surface area (Å²) in [5, 5.41) is 14.4. The number of hydrogen-bond acceptors (Lipinski definition) is 3. The SMILES string of the molecule is CC[C@H](CO)NC(=O)CCCCCNC(C)=O. The van der Waals surface area contributed by atoms with Crippen LogP contribution in [0.1, 0.15) is 46.0 Å². The fraction of sp³-hybridized carbons (Fsp3) is 0.833. The largest absolute Gasteiger partial charge is 0.394 e. The van der Waals surface area contributed by atoms with Crippen LogP contribution in [0.15, 0.2) is 0 Å². The summed E-state index contributed by atoms with van der Waals surface area (Å²) >= 11 is 0. The molecule has 0 aromatic rings. The minimum atomic E-state index is -0.123. The van der Waals surface area contributed by atoms with Crippen LogP contribution in [0.3, 0.4) is 0 Å². The van der Waals surface area contributed by atoms with Crippen molar-refractivity contribution in [2.45, 2.75) is 52.0 Å². The van der Waals surface area contributed by atoms with Gasteiger partial charge in [0.2, 0.25) is 11.8 Å². The van der Waals surface area contributed by atoms with Crippen molar-refractivity contribution in [2.75, 3.05) is 13.2 Å². The highest BCUT2D eigenvalue weighted by atomic mass is 16.3. The first kappa shape index (κ1) is 15.9. The molecule has 0 unspecified atom stereocenters. The van der Waals surface area contributed by atoms with Crippen LogP contribution in [0, 0.1) is 0 Å². The molecule has 0 aliphatic heterocycles. The first-order chi connectivity index (χ1) is 8.10. The molecule has 0 radical (unpaired) electrons. The third kappa shape index (κ3) is 9.81. The van der Waals surface area contributed by atoms with Crippen molar-refractivity contribution in [2.24, 2.45) is 0 Å². The number of carbonyl (C=O) groups is 2. The number of aliphatic hydroxyl groups excluding tert-OH is 1. The molecule has 0 fully saturated rings. The summed E-state index contributed by atoms with van der Waals surface area (Å²) in [5.74, 6) is -0.0260. The van der Waals surface area contributed by atoms with Crippen molar-refractivity contribution < 1.29 is 14.7 Å². The number of carbonyl (C=O) groups excluding carboxylic acids is 2. The van der Waals surface area contributed by atoms with E-state index in [2.05, 4.69) is 10.6 Å². The molecule has 5 nitrogen and oxygen atoms in total. The average molecular weight is 244 g/mol. The maximum absolute atomic E-state index is 11.4. The van der Waals surface area contributed by atoms with Crippen LogP contribution in [-0.4, -0.2) is 36.1 Å². The van der Waals surface area contributed by atoms with E-state index >= 15 is 0 Å². The van der Waals surface area contributed by atoms with E-state index in [4.69, 9.17) is 5.11 Å². The Hall–Kier alpha value is -1.10. The van der Waals surface area contributed by atoms with Crippen LogP contribution in [0.5, 0.6) is 0 Å².